The van der Waals surface area contributed by atoms with E-state index in [1.54, 1.807) is 11.3 Å². The average Bonchev–Trinajstić information content (AvgIpc) is 2.98. The van der Waals surface area contributed by atoms with Gasteiger partial charge in [0.2, 0.25) is 0 Å². The smallest absolute Gasteiger partial charge is 0.279 e. The van der Waals surface area contributed by atoms with Gasteiger partial charge in [0.05, 0.1) is 10.2 Å². The van der Waals surface area contributed by atoms with E-state index >= 15 is 0 Å². The molecule has 0 spiro atoms. The second kappa shape index (κ2) is 7.56. The van der Waals surface area contributed by atoms with Gasteiger partial charge < -0.3 is 4.57 Å². The molecule has 0 aliphatic rings. The zero-order chi connectivity index (χ0) is 19.7. The van der Waals surface area contributed by atoms with Crippen LogP contribution < -0.4 is 4.80 Å². The number of carbonyl (C=O) groups excluding carboxylic acids is 1. The Hall–Kier alpha value is -2.98. The van der Waals surface area contributed by atoms with Crippen LogP contribution in [0.5, 0.6) is 0 Å². The molecule has 0 atom stereocenters. The van der Waals surface area contributed by atoms with Crippen LogP contribution in [0.4, 0.5) is 0 Å². The van der Waals surface area contributed by atoms with E-state index in [1.165, 1.54) is 22.3 Å². The summed E-state index contributed by atoms with van der Waals surface area (Å²) in [6, 6.07) is 22.4. The first kappa shape index (κ1) is 18.4. The Morgan fingerprint density at radius 3 is 2.36 bits per heavy atom. The topological polar surface area (TPSA) is 34.4 Å². The molecule has 0 bridgehead atoms. The molecule has 0 N–H and O–H groups in total. The van der Waals surface area contributed by atoms with Gasteiger partial charge in [-0.05, 0) is 60.7 Å². The van der Waals surface area contributed by atoms with Crippen molar-refractivity contribution in [3.8, 4) is 0 Å². The summed E-state index contributed by atoms with van der Waals surface area (Å²) >= 11 is 1.56. The third-order valence-electron chi connectivity index (χ3n) is 4.88. The summed E-state index contributed by atoms with van der Waals surface area (Å²) in [6.07, 6.45) is 0.857. The second-order valence-electron chi connectivity index (χ2n) is 7.15. The monoisotopic (exact) mass is 386 g/mol. The van der Waals surface area contributed by atoms with Gasteiger partial charge in [0.15, 0.2) is 4.80 Å². The summed E-state index contributed by atoms with van der Waals surface area (Å²) in [5.41, 5.74) is 6.62. The number of aryl methyl sites for hydroxylation is 3. The second-order valence-corrected chi connectivity index (χ2v) is 8.16. The molecule has 0 unspecified atom stereocenters. The van der Waals surface area contributed by atoms with Crippen molar-refractivity contribution < 1.29 is 4.79 Å². The van der Waals surface area contributed by atoms with Gasteiger partial charge in [0, 0.05) is 12.6 Å². The van der Waals surface area contributed by atoms with Gasteiger partial charge in [-0.15, -0.1) is 0 Å². The Kier molecular flexibility index (Phi) is 4.97. The quantitative estimate of drug-likeness (QED) is 0.477. The standard InChI is InChI=1S/C24H22N2OS/c1-16-13-17(2)22-21(14-16)28-24(26(22)3)25-23(27)20-11-9-19(10-12-20)15-18-7-5-4-6-8-18/h4-14H,15H2,1-3H3. The number of amides is 1. The van der Waals surface area contributed by atoms with E-state index in [9.17, 15) is 4.79 Å². The zero-order valence-electron chi connectivity index (χ0n) is 16.3. The van der Waals surface area contributed by atoms with Crippen molar-refractivity contribution in [2.75, 3.05) is 0 Å². The molecule has 0 saturated carbocycles. The Bertz CT molecular complexity index is 1220. The number of nitrogens with zero attached hydrogens (tertiary/aromatic N) is 2. The minimum absolute atomic E-state index is 0.206. The normalized spacial score (nSPS) is 11.9. The molecule has 0 fully saturated rings. The van der Waals surface area contributed by atoms with Gasteiger partial charge in [0.25, 0.3) is 5.91 Å². The zero-order valence-corrected chi connectivity index (χ0v) is 17.1. The molecular formula is C24H22N2OS. The minimum Gasteiger partial charge on any atom is -0.319 e. The summed E-state index contributed by atoms with van der Waals surface area (Å²) in [6.45, 7) is 4.18. The Morgan fingerprint density at radius 2 is 1.64 bits per heavy atom. The summed E-state index contributed by atoms with van der Waals surface area (Å²) < 4.78 is 3.17. The van der Waals surface area contributed by atoms with E-state index in [-0.39, 0.29) is 5.91 Å². The highest BCUT2D eigenvalue weighted by Crippen LogP contribution is 2.22. The van der Waals surface area contributed by atoms with Crippen molar-refractivity contribution in [1.82, 2.24) is 4.57 Å². The minimum atomic E-state index is -0.206. The first-order chi connectivity index (χ1) is 13.5. The molecule has 0 radical (unpaired) electrons. The van der Waals surface area contributed by atoms with E-state index < -0.39 is 0 Å². The molecule has 140 valence electrons. The van der Waals surface area contributed by atoms with Crippen LogP contribution >= 0.6 is 11.3 Å². The van der Waals surface area contributed by atoms with Gasteiger partial charge in [-0.25, -0.2) is 0 Å². The van der Waals surface area contributed by atoms with E-state index in [0.29, 0.717) is 5.56 Å². The van der Waals surface area contributed by atoms with E-state index in [4.69, 9.17) is 0 Å². The van der Waals surface area contributed by atoms with Crippen LogP contribution in [-0.4, -0.2) is 10.5 Å². The maximum absolute atomic E-state index is 12.7. The van der Waals surface area contributed by atoms with Gasteiger partial charge in [-0.2, -0.15) is 4.99 Å². The van der Waals surface area contributed by atoms with E-state index in [1.807, 2.05) is 54.1 Å². The van der Waals surface area contributed by atoms with E-state index in [0.717, 1.165) is 21.4 Å². The molecule has 3 nitrogen and oxygen atoms in total. The van der Waals surface area contributed by atoms with Crippen molar-refractivity contribution in [2.24, 2.45) is 12.0 Å². The third-order valence-corrected chi connectivity index (χ3v) is 5.96. The molecule has 3 aromatic carbocycles. The Labute approximate surface area is 168 Å². The predicted octanol–water partition coefficient (Wildman–Crippen LogP) is 5.19. The van der Waals surface area contributed by atoms with Crippen LogP contribution in [0.15, 0.2) is 71.7 Å². The predicted molar refractivity (Wildman–Crippen MR) is 116 cm³/mol. The fraction of sp³-hybridized carbons (Fsp3) is 0.167. The van der Waals surface area contributed by atoms with Crippen LogP contribution in [0.25, 0.3) is 10.2 Å². The highest BCUT2D eigenvalue weighted by molar-refractivity contribution is 7.16. The lowest BCUT2D eigenvalue weighted by molar-refractivity contribution is 0.0998. The van der Waals surface area contributed by atoms with E-state index in [2.05, 4.69) is 43.1 Å². The van der Waals surface area contributed by atoms with Crippen molar-refractivity contribution in [1.29, 1.82) is 0 Å². The Morgan fingerprint density at radius 1 is 0.964 bits per heavy atom. The molecule has 4 rings (SSSR count). The van der Waals surface area contributed by atoms with Crippen molar-refractivity contribution in [3.63, 3.8) is 0 Å². The molecule has 1 aromatic heterocycles. The fourth-order valence-electron chi connectivity index (χ4n) is 3.54. The molecule has 0 aliphatic heterocycles. The molecule has 1 amide bonds. The lowest BCUT2D eigenvalue weighted by Crippen LogP contribution is -2.13. The SMILES string of the molecule is Cc1cc(C)c2c(c1)sc(=NC(=O)c1ccc(Cc3ccccc3)cc1)n2C. The molecule has 0 saturated heterocycles. The van der Waals surface area contributed by atoms with Crippen molar-refractivity contribution >= 4 is 27.5 Å². The highest BCUT2D eigenvalue weighted by Gasteiger charge is 2.09. The molecule has 28 heavy (non-hydrogen) atoms. The summed E-state index contributed by atoms with van der Waals surface area (Å²) in [7, 11) is 1.97. The number of aromatic nitrogens is 1. The lowest BCUT2D eigenvalue weighted by Gasteiger charge is -2.03. The number of rotatable bonds is 3. The van der Waals surface area contributed by atoms with Crippen LogP contribution in [0.3, 0.4) is 0 Å². The highest BCUT2D eigenvalue weighted by atomic mass is 32.1. The summed E-state index contributed by atoms with van der Waals surface area (Å²) in [5, 5.41) is 0. The molecule has 4 aromatic rings. The van der Waals surface area contributed by atoms with Gasteiger partial charge in [-0.1, -0.05) is 59.9 Å². The maximum atomic E-state index is 12.7. The number of benzene rings is 3. The van der Waals surface area contributed by atoms with Crippen LogP contribution in [0, 0.1) is 13.8 Å². The van der Waals surface area contributed by atoms with Crippen molar-refractivity contribution in [3.05, 3.63) is 99.3 Å². The summed E-state index contributed by atoms with van der Waals surface area (Å²) in [5.74, 6) is -0.206. The number of fused-ring (bicyclic) bond motifs is 1. The van der Waals surface area contributed by atoms with Crippen LogP contribution in [0.1, 0.15) is 32.6 Å². The van der Waals surface area contributed by atoms with Crippen LogP contribution in [0.2, 0.25) is 0 Å². The molecule has 1 heterocycles. The first-order valence-electron chi connectivity index (χ1n) is 9.30. The van der Waals surface area contributed by atoms with Crippen molar-refractivity contribution in [2.45, 2.75) is 20.3 Å². The average molecular weight is 387 g/mol. The first-order valence-corrected chi connectivity index (χ1v) is 10.1. The maximum Gasteiger partial charge on any atom is 0.279 e. The third kappa shape index (κ3) is 3.69. The van der Waals surface area contributed by atoms with Gasteiger partial charge >= 0.3 is 0 Å². The number of hydrogen-bond acceptors (Lipinski definition) is 2. The van der Waals surface area contributed by atoms with Gasteiger partial charge in [-0.3, -0.25) is 4.79 Å². The molecule has 4 heteroatoms. The number of thiazole rings is 1. The Balaban J connectivity index is 1.62. The fourth-order valence-corrected chi connectivity index (χ4v) is 4.73. The van der Waals surface area contributed by atoms with Crippen LogP contribution in [-0.2, 0) is 13.5 Å². The lowest BCUT2D eigenvalue weighted by atomic mass is 10.0. The number of carbonyl (C=O) groups is 1. The van der Waals surface area contributed by atoms with Gasteiger partial charge in [0.1, 0.15) is 0 Å². The largest absolute Gasteiger partial charge is 0.319 e. The molecule has 0 aliphatic carbocycles. The summed E-state index contributed by atoms with van der Waals surface area (Å²) in [4.78, 5) is 17.8. The molecular weight excluding hydrogens is 364 g/mol. The number of hydrogen-bond donors (Lipinski definition) is 0.